The Morgan fingerprint density at radius 2 is 2.23 bits per heavy atom. The summed E-state index contributed by atoms with van der Waals surface area (Å²) < 4.78 is 0.880. The molecule has 0 aromatic carbocycles. The predicted molar refractivity (Wildman–Crippen MR) is 54.8 cm³/mol. The molecule has 0 aliphatic heterocycles. The molecule has 0 saturated heterocycles. The molecular formula is C9H7BrN2O. The van der Waals surface area contributed by atoms with Crippen molar-refractivity contribution >= 4 is 26.8 Å². The summed E-state index contributed by atoms with van der Waals surface area (Å²) in [7, 11) is 0. The van der Waals surface area contributed by atoms with Crippen LogP contribution >= 0.6 is 15.9 Å². The van der Waals surface area contributed by atoms with Crippen LogP contribution in [0, 0.1) is 6.92 Å². The van der Waals surface area contributed by atoms with Gasteiger partial charge in [-0.3, -0.25) is 4.79 Å². The fraction of sp³-hybridized carbons (Fsp3) is 0.111. The molecule has 0 spiro atoms. The van der Waals surface area contributed by atoms with E-state index in [1.165, 1.54) is 0 Å². The minimum absolute atomic E-state index is 0.137. The average molecular weight is 239 g/mol. The van der Waals surface area contributed by atoms with E-state index in [0.717, 1.165) is 15.6 Å². The molecule has 2 aromatic heterocycles. The number of hydrogen-bond donors (Lipinski definition) is 1. The second kappa shape index (κ2) is 2.96. The van der Waals surface area contributed by atoms with Crippen molar-refractivity contribution in [1.29, 1.82) is 0 Å². The number of fused-ring (bicyclic) bond motifs is 1. The maximum Gasteiger partial charge on any atom is 0.274 e. The van der Waals surface area contributed by atoms with Gasteiger partial charge in [-0.05, 0) is 35.0 Å². The number of halogens is 1. The van der Waals surface area contributed by atoms with Crippen molar-refractivity contribution in [1.82, 2.24) is 9.97 Å². The summed E-state index contributed by atoms with van der Waals surface area (Å²) in [5.74, 6) is 0. The van der Waals surface area contributed by atoms with E-state index in [9.17, 15) is 4.79 Å². The fourth-order valence-corrected chi connectivity index (χ4v) is 1.61. The zero-order chi connectivity index (χ0) is 9.42. The number of rotatable bonds is 0. The lowest BCUT2D eigenvalue weighted by atomic mass is 10.2. The lowest BCUT2D eigenvalue weighted by Crippen LogP contribution is -2.08. The zero-order valence-electron chi connectivity index (χ0n) is 6.97. The molecular weight excluding hydrogens is 232 g/mol. The van der Waals surface area contributed by atoms with Gasteiger partial charge in [0.05, 0.1) is 0 Å². The van der Waals surface area contributed by atoms with Crippen LogP contribution in [0.3, 0.4) is 0 Å². The summed E-state index contributed by atoms with van der Waals surface area (Å²) in [4.78, 5) is 18.1. The Labute approximate surface area is 82.9 Å². The highest BCUT2D eigenvalue weighted by atomic mass is 79.9. The first-order valence-corrected chi connectivity index (χ1v) is 4.61. The molecule has 4 heteroatoms. The molecule has 0 fully saturated rings. The molecule has 2 rings (SSSR count). The molecule has 3 nitrogen and oxygen atoms in total. The number of nitrogens with zero attached hydrogens (tertiary/aromatic N) is 1. The van der Waals surface area contributed by atoms with Crippen LogP contribution in [0.1, 0.15) is 5.69 Å². The van der Waals surface area contributed by atoms with Crippen molar-refractivity contribution in [2.24, 2.45) is 0 Å². The molecule has 2 heterocycles. The molecule has 66 valence electrons. The first-order chi connectivity index (χ1) is 6.16. The van der Waals surface area contributed by atoms with Gasteiger partial charge >= 0.3 is 0 Å². The van der Waals surface area contributed by atoms with E-state index in [1.54, 1.807) is 6.20 Å². The first-order valence-electron chi connectivity index (χ1n) is 3.82. The summed E-state index contributed by atoms with van der Waals surface area (Å²) in [5, 5.41) is 0.857. The van der Waals surface area contributed by atoms with Crippen LogP contribution in [0.15, 0.2) is 27.6 Å². The summed E-state index contributed by atoms with van der Waals surface area (Å²) in [5.41, 5.74) is 1.19. The third-order valence-corrected chi connectivity index (χ3v) is 2.22. The standard InChI is InChI=1S/C9H7BrN2O/c1-5-2-6-3-7(10)4-11-8(6)9(13)12-5/h2-4H,1H3,(H,12,13). The third kappa shape index (κ3) is 1.49. The largest absolute Gasteiger partial charge is 0.325 e. The lowest BCUT2D eigenvalue weighted by Gasteiger charge is -1.98. The number of nitrogens with one attached hydrogen (secondary N) is 1. The van der Waals surface area contributed by atoms with Crippen LogP contribution in [0.25, 0.3) is 10.9 Å². The van der Waals surface area contributed by atoms with Crippen LogP contribution in [0.2, 0.25) is 0 Å². The van der Waals surface area contributed by atoms with Gasteiger partial charge in [0.25, 0.3) is 5.56 Å². The maximum atomic E-state index is 11.4. The molecule has 13 heavy (non-hydrogen) atoms. The second-order valence-electron chi connectivity index (χ2n) is 2.87. The zero-order valence-corrected chi connectivity index (χ0v) is 8.55. The van der Waals surface area contributed by atoms with Crippen molar-refractivity contribution in [2.75, 3.05) is 0 Å². The highest BCUT2D eigenvalue weighted by Gasteiger charge is 2.00. The number of H-pyrrole nitrogens is 1. The van der Waals surface area contributed by atoms with Crippen LogP contribution < -0.4 is 5.56 Å². The van der Waals surface area contributed by atoms with Gasteiger partial charge in [-0.15, -0.1) is 0 Å². The van der Waals surface area contributed by atoms with E-state index in [0.29, 0.717) is 5.52 Å². The molecule has 2 aromatic rings. The summed E-state index contributed by atoms with van der Waals surface area (Å²) in [6.45, 7) is 1.85. The third-order valence-electron chi connectivity index (χ3n) is 1.78. The maximum absolute atomic E-state index is 11.4. The summed E-state index contributed by atoms with van der Waals surface area (Å²) in [6.07, 6.45) is 1.62. The smallest absolute Gasteiger partial charge is 0.274 e. The Kier molecular flexibility index (Phi) is 1.92. The Balaban J connectivity index is 2.95. The Hall–Kier alpha value is -1.16. The van der Waals surface area contributed by atoms with Crippen LogP contribution in [-0.2, 0) is 0 Å². The molecule has 0 aliphatic carbocycles. The van der Waals surface area contributed by atoms with Gasteiger partial charge in [0, 0.05) is 21.7 Å². The van der Waals surface area contributed by atoms with Gasteiger partial charge in [-0.2, -0.15) is 0 Å². The molecule has 0 unspecified atom stereocenters. The van der Waals surface area contributed by atoms with E-state index < -0.39 is 0 Å². The van der Waals surface area contributed by atoms with E-state index >= 15 is 0 Å². The summed E-state index contributed by atoms with van der Waals surface area (Å²) >= 11 is 3.31. The van der Waals surface area contributed by atoms with E-state index in [2.05, 4.69) is 25.9 Å². The number of hydrogen-bond acceptors (Lipinski definition) is 2. The second-order valence-corrected chi connectivity index (χ2v) is 3.79. The van der Waals surface area contributed by atoms with Crippen molar-refractivity contribution in [3.05, 3.63) is 38.9 Å². The minimum atomic E-state index is -0.137. The van der Waals surface area contributed by atoms with E-state index in [4.69, 9.17) is 0 Å². The van der Waals surface area contributed by atoms with Gasteiger partial charge in [0.15, 0.2) is 0 Å². The van der Waals surface area contributed by atoms with Crippen LogP contribution in [-0.4, -0.2) is 9.97 Å². The SMILES string of the molecule is Cc1cc2cc(Br)cnc2c(=O)[nH]1. The number of aryl methyl sites for hydroxylation is 1. The average Bonchev–Trinajstić information content (AvgIpc) is 2.02. The highest BCUT2D eigenvalue weighted by Crippen LogP contribution is 2.14. The molecule has 0 bridgehead atoms. The molecule has 0 amide bonds. The predicted octanol–water partition coefficient (Wildman–Crippen LogP) is 1.99. The number of pyridine rings is 2. The molecule has 1 N–H and O–H groups in total. The lowest BCUT2D eigenvalue weighted by molar-refractivity contribution is 1.15. The quantitative estimate of drug-likeness (QED) is 0.764. The van der Waals surface area contributed by atoms with Crippen molar-refractivity contribution in [3.8, 4) is 0 Å². The van der Waals surface area contributed by atoms with E-state index in [-0.39, 0.29) is 5.56 Å². The molecule has 0 atom stereocenters. The highest BCUT2D eigenvalue weighted by molar-refractivity contribution is 9.10. The Bertz CT molecular complexity index is 513. The van der Waals surface area contributed by atoms with Crippen molar-refractivity contribution in [2.45, 2.75) is 6.92 Å². The monoisotopic (exact) mass is 238 g/mol. The van der Waals surface area contributed by atoms with Gasteiger partial charge < -0.3 is 4.98 Å². The molecule has 0 radical (unpaired) electrons. The number of aromatic amines is 1. The van der Waals surface area contributed by atoms with Gasteiger partial charge in [-0.1, -0.05) is 0 Å². The van der Waals surface area contributed by atoms with Gasteiger partial charge in [0.1, 0.15) is 5.52 Å². The minimum Gasteiger partial charge on any atom is -0.325 e. The van der Waals surface area contributed by atoms with Crippen LogP contribution in [0.5, 0.6) is 0 Å². The van der Waals surface area contributed by atoms with Crippen LogP contribution in [0.4, 0.5) is 0 Å². The summed E-state index contributed by atoms with van der Waals surface area (Å²) in [6, 6.07) is 3.78. The Morgan fingerprint density at radius 3 is 3.00 bits per heavy atom. The number of aromatic nitrogens is 2. The van der Waals surface area contributed by atoms with E-state index in [1.807, 2.05) is 19.1 Å². The topological polar surface area (TPSA) is 45.8 Å². The fourth-order valence-electron chi connectivity index (χ4n) is 1.26. The first kappa shape index (κ1) is 8.44. The van der Waals surface area contributed by atoms with Gasteiger partial charge in [0.2, 0.25) is 0 Å². The van der Waals surface area contributed by atoms with Gasteiger partial charge in [-0.25, -0.2) is 4.98 Å². The normalized spacial score (nSPS) is 10.6. The molecule has 0 aliphatic rings. The Morgan fingerprint density at radius 1 is 1.46 bits per heavy atom. The van der Waals surface area contributed by atoms with Crippen molar-refractivity contribution < 1.29 is 0 Å². The van der Waals surface area contributed by atoms with Crippen molar-refractivity contribution in [3.63, 3.8) is 0 Å². The molecule has 0 saturated carbocycles.